The maximum absolute atomic E-state index is 4.48. The standard InChI is InChI=1S/C22H19N2/c1-16-8-9-18(14-20(16)22-7-3-4-13-24(22)2)19-11-10-17-6-5-12-23-21(17)15-19/h3-15H,1-2H3/q+1. The van der Waals surface area contributed by atoms with Gasteiger partial charge in [0.2, 0.25) is 5.69 Å². The van der Waals surface area contributed by atoms with Gasteiger partial charge in [0, 0.05) is 29.3 Å². The van der Waals surface area contributed by atoms with Crippen molar-refractivity contribution in [2.45, 2.75) is 6.92 Å². The molecule has 0 N–H and O–H groups in total. The van der Waals surface area contributed by atoms with Crippen LogP contribution in [0, 0.1) is 6.92 Å². The maximum atomic E-state index is 4.48. The Bertz CT molecular complexity index is 1030. The summed E-state index contributed by atoms with van der Waals surface area (Å²) in [5.41, 5.74) is 7.20. The Morgan fingerprint density at radius 1 is 0.833 bits per heavy atom. The Morgan fingerprint density at radius 3 is 2.54 bits per heavy atom. The molecule has 2 heteroatoms. The molecule has 4 aromatic rings. The highest BCUT2D eigenvalue weighted by molar-refractivity contribution is 5.85. The number of rotatable bonds is 2. The van der Waals surface area contributed by atoms with Crippen molar-refractivity contribution in [1.29, 1.82) is 0 Å². The highest BCUT2D eigenvalue weighted by Crippen LogP contribution is 2.29. The van der Waals surface area contributed by atoms with Crippen LogP contribution in [0.1, 0.15) is 5.56 Å². The Balaban J connectivity index is 1.87. The second-order valence-corrected chi connectivity index (χ2v) is 6.14. The molecule has 0 bridgehead atoms. The van der Waals surface area contributed by atoms with Gasteiger partial charge in [-0.1, -0.05) is 30.3 Å². The summed E-state index contributed by atoms with van der Waals surface area (Å²) in [6.07, 6.45) is 3.93. The van der Waals surface area contributed by atoms with Crippen LogP contribution in [0.25, 0.3) is 33.3 Å². The first-order chi connectivity index (χ1) is 11.7. The zero-order valence-electron chi connectivity index (χ0n) is 13.9. The number of nitrogens with zero attached hydrogens (tertiary/aromatic N) is 2. The Labute approximate surface area is 142 Å². The highest BCUT2D eigenvalue weighted by atomic mass is 14.9. The van der Waals surface area contributed by atoms with Gasteiger partial charge in [-0.25, -0.2) is 4.57 Å². The molecule has 0 aliphatic heterocycles. The minimum atomic E-state index is 1.03. The average molecular weight is 311 g/mol. The van der Waals surface area contributed by atoms with Crippen LogP contribution in [0.3, 0.4) is 0 Å². The number of aryl methyl sites for hydroxylation is 2. The van der Waals surface area contributed by atoms with Gasteiger partial charge in [-0.05, 0) is 47.9 Å². The van der Waals surface area contributed by atoms with Crippen LogP contribution in [-0.4, -0.2) is 4.98 Å². The third-order valence-corrected chi connectivity index (χ3v) is 4.51. The number of pyridine rings is 2. The van der Waals surface area contributed by atoms with Crippen molar-refractivity contribution in [1.82, 2.24) is 4.98 Å². The molecular formula is C22H19N2+. The number of benzene rings is 2. The van der Waals surface area contributed by atoms with Crippen molar-refractivity contribution in [3.63, 3.8) is 0 Å². The fourth-order valence-corrected chi connectivity index (χ4v) is 3.13. The zero-order valence-corrected chi connectivity index (χ0v) is 13.9. The predicted octanol–water partition coefficient (Wildman–Crippen LogP) is 4.70. The monoisotopic (exact) mass is 311 g/mol. The van der Waals surface area contributed by atoms with Crippen molar-refractivity contribution in [2.75, 3.05) is 0 Å². The fourth-order valence-electron chi connectivity index (χ4n) is 3.13. The number of hydrogen-bond donors (Lipinski definition) is 0. The van der Waals surface area contributed by atoms with Crippen molar-refractivity contribution < 1.29 is 4.57 Å². The maximum Gasteiger partial charge on any atom is 0.212 e. The Morgan fingerprint density at radius 2 is 1.67 bits per heavy atom. The lowest BCUT2D eigenvalue weighted by Crippen LogP contribution is -2.30. The van der Waals surface area contributed by atoms with Crippen LogP contribution in [0.5, 0.6) is 0 Å². The molecule has 2 aromatic heterocycles. The van der Waals surface area contributed by atoms with Crippen LogP contribution in [0.15, 0.2) is 79.1 Å². The predicted molar refractivity (Wildman–Crippen MR) is 98.5 cm³/mol. The van der Waals surface area contributed by atoms with Gasteiger partial charge in [-0.2, -0.15) is 0 Å². The first kappa shape index (κ1) is 14.6. The highest BCUT2D eigenvalue weighted by Gasteiger charge is 2.12. The lowest BCUT2D eigenvalue weighted by molar-refractivity contribution is -0.660. The van der Waals surface area contributed by atoms with Crippen molar-refractivity contribution in [3.05, 3.63) is 84.7 Å². The molecule has 0 aliphatic rings. The first-order valence-electron chi connectivity index (χ1n) is 8.13. The van der Waals surface area contributed by atoms with E-state index in [1.54, 1.807) is 0 Å². The van der Waals surface area contributed by atoms with E-state index in [4.69, 9.17) is 0 Å². The molecule has 116 valence electrons. The van der Waals surface area contributed by atoms with Crippen LogP contribution in [-0.2, 0) is 7.05 Å². The number of fused-ring (bicyclic) bond motifs is 1. The van der Waals surface area contributed by atoms with E-state index in [1.807, 2.05) is 12.3 Å². The van der Waals surface area contributed by atoms with Crippen LogP contribution >= 0.6 is 0 Å². The minimum Gasteiger partial charge on any atom is -0.256 e. The van der Waals surface area contributed by atoms with Gasteiger partial charge < -0.3 is 0 Å². The molecule has 2 aromatic carbocycles. The van der Waals surface area contributed by atoms with E-state index in [0.717, 1.165) is 5.52 Å². The van der Waals surface area contributed by atoms with Crippen molar-refractivity contribution >= 4 is 10.9 Å². The average Bonchev–Trinajstić information content (AvgIpc) is 2.62. The lowest BCUT2D eigenvalue weighted by atomic mass is 9.97. The summed E-state index contributed by atoms with van der Waals surface area (Å²) >= 11 is 0. The number of aromatic nitrogens is 2. The van der Waals surface area contributed by atoms with E-state index in [0.29, 0.717) is 0 Å². The molecular weight excluding hydrogens is 292 g/mol. The molecule has 0 unspecified atom stereocenters. The molecule has 24 heavy (non-hydrogen) atoms. The van der Waals surface area contributed by atoms with Gasteiger partial charge in [0.1, 0.15) is 7.05 Å². The van der Waals surface area contributed by atoms with Crippen LogP contribution in [0.2, 0.25) is 0 Å². The second-order valence-electron chi connectivity index (χ2n) is 6.14. The fraction of sp³-hybridized carbons (Fsp3) is 0.0909. The van der Waals surface area contributed by atoms with Gasteiger partial charge in [-0.15, -0.1) is 0 Å². The quantitative estimate of drug-likeness (QED) is 0.490. The molecule has 0 atom stereocenters. The lowest BCUT2D eigenvalue weighted by Gasteiger charge is -2.09. The topological polar surface area (TPSA) is 16.8 Å². The molecule has 0 radical (unpaired) electrons. The van der Waals surface area contributed by atoms with Crippen LogP contribution in [0.4, 0.5) is 0 Å². The Hall–Kier alpha value is -3.00. The van der Waals surface area contributed by atoms with E-state index >= 15 is 0 Å². The van der Waals surface area contributed by atoms with Gasteiger partial charge in [0.15, 0.2) is 6.20 Å². The largest absolute Gasteiger partial charge is 0.256 e. The first-order valence-corrected chi connectivity index (χ1v) is 8.13. The number of hydrogen-bond acceptors (Lipinski definition) is 1. The summed E-state index contributed by atoms with van der Waals surface area (Å²) in [7, 11) is 2.08. The van der Waals surface area contributed by atoms with E-state index in [1.165, 1.54) is 33.3 Å². The van der Waals surface area contributed by atoms with Gasteiger partial charge in [-0.3, -0.25) is 4.98 Å². The van der Waals surface area contributed by atoms with Crippen LogP contribution < -0.4 is 4.57 Å². The third-order valence-electron chi connectivity index (χ3n) is 4.51. The smallest absolute Gasteiger partial charge is 0.212 e. The summed E-state index contributed by atoms with van der Waals surface area (Å²) in [4.78, 5) is 4.48. The molecule has 0 fully saturated rings. The SMILES string of the molecule is Cc1ccc(-c2ccc3cccnc3c2)cc1-c1cccc[n+]1C. The minimum absolute atomic E-state index is 1.03. The van der Waals surface area contributed by atoms with E-state index in [2.05, 4.69) is 90.4 Å². The van der Waals surface area contributed by atoms with E-state index in [9.17, 15) is 0 Å². The zero-order chi connectivity index (χ0) is 16.5. The molecule has 0 aliphatic carbocycles. The van der Waals surface area contributed by atoms with Crippen molar-refractivity contribution in [2.24, 2.45) is 7.05 Å². The summed E-state index contributed by atoms with van der Waals surface area (Å²) in [6.45, 7) is 2.16. The summed E-state index contributed by atoms with van der Waals surface area (Å²) in [5, 5.41) is 1.17. The Kier molecular flexibility index (Phi) is 3.58. The summed E-state index contributed by atoms with van der Waals surface area (Å²) in [6, 6.07) is 23.5. The molecule has 2 nitrogen and oxygen atoms in total. The summed E-state index contributed by atoms with van der Waals surface area (Å²) in [5.74, 6) is 0. The van der Waals surface area contributed by atoms with E-state index < -0.39 is 0 Å². The second kappa shape index (κ2) is 5.89. The molecule has 0 spiro atoms. The van der Waals surface area contributed by atoms with Gasteiger partial charge in [0.25, 0.3) is 0 Å². The van der Waals surface area contributed by atoms with Crippen molar-refractivity contribution in [3.8, 4) is 22.4 Å². The molecule has 0 saturated heterocycles. The van der Waals surface area contributed by atoms with E-state index in [-0.39, 0.29) is 0 Å². The third kappa shape index (κ3) is 2.56. The van der Waals surface area contributed by atoms with Gasteiger partial charge in [0.05, 0.1) is 5.52 Å². The molecule has 4 rings (SSSR count). The molecule has 0 amide bonds. The summed E-state index contributed by atoms with van der Waals surface area (Å²) < 4.78 is 2.16. The molecule has 0 saturated carbocycles. The molecule has 2 heterocycles. The van der Waals surface area contributed by atoms with Gasteiger partial charge >= 0.3 is 0 Å². The normalized spacial score (nSPS) is 10.9.